The van der Waals surface area contributed by atoms with Gasteiger partial charge in [-0.15, -0.1) is 0 Å². The van der Waals surface area contributed by atoms with Crippen molar-refractivity contribution in [3.05, 3.63) is 34.9 Å². The van der Waals surface area contributed by atoms with Gasteiger partial charge in [-0.3, -0.25) is 0 Å². The summed E-state index contributed by atoms with van der Waals surface area (Å²) in [5.41, 5.74) is 4.81. The van der Waals surface area contributed by atoms with Crippen LogP contribution in [0.5, 0.6) is 0 Å². The molecule has 1 fully saturated rings. The van der Waals surface area contributed by atoms with Crippen LogP contribution in [0, 0.1) is 25.7 Å². The molecule has 1 aromatic carbocycles. The Hall–Kier alpha value is -0.820. The molecule has 0 bridgehead atoms. The lowest BCUT2D eigenvalue weighted by molar-refractivity contribution is 0.127. The van der Waals surface area contributed by atoms with E-state index >= 15 is 0 Å². The fourth-order valence-electron chi connectivity index (χ4n) is 3.81. The maximum Gasteiger partial charge on any atom is 0.00831 e. The van der Waals surface area contributed by atoms with Gasteiger partial charge in [0.15, 0.2) is 0 Å². The van der Waals surface area contributed by atoms with Gasteiger partial charge in [0.25, 0.3) is 0 Å². The fourth-order valence-corrected chi connectivity index (χ4v) is 3.81. The van der Waals surface area contributed by atoms with E-state index in [4.69, 9.17) is 0 Å². The quantitative estimate of drug-likeness (QED) is 0.744. The van der Waals surface area contributed by atoms with E-state index in [-0.39, 0.29) is 0 Å². The largest absolute Gasteiger partial charge is 0.316 e. The zero-order valence-electron chi connectivity index (χ0n) is 14.6. The van der Waals surface area contributed by atoms with Gasteiger partial charge in [-0.2, -0.15) is 0 Å². The van der Waals surface area contributed by atoms with Crippen LogP contribution in [0.4, 0.5) is 0 Å². The minimum absolute atomic E-state index is 0.396. The molecule has 0 atom stereocenters. The molecule has 0 saturated heterocycles. The van der Waals surface area contributed by atoms with Crippen molar-refractivity contribution in [3.63, 3.8) is 0 Å². The molecule has 118 valence electrons. The first-order valence-corrected chi connectivity index (χ1v) is 8.75. The molecule has 21 heavy (non-hydrogen) atoms. The zero-order valence-corrected chi connectivity index (χ0v) is 14.6. The van der Waals surface area contributed by atoms with Crippen LogP contribution < -0.4 is 5.32 Å². The second kappa shape index (κ2) is 6.96. The summed E-state index contributed by atoms with van der Waals surface area (Å²) in [5.74, 6) is 1.67. The first-order valence-electron chi connectivity index (χ1n) is 8.75. The van der Waals surface area contributed by atoms with Crippen LogP contribution in [0.15, 0.2) is 18.2 Å². The predicted octanol–water partition coefficient (Wildman–Crippen LogP) is 5.00. The SMILES string of the molecule is CCCC1CC(CNCC(C)C)(c2ccc(C)c(C)c2)C1. The predicted molar refractivity (Wildman–Crippen MR) is 92.9 cm³/mol. The lowest BCUT2D eigenvalue weighted by Gasteiger charge is -2.49. The standard InChI is InChI=1S/C20H33N/c1-6-7-18-11-20(12-18,14-21-13-15(2)3)19-9-8-16(4)17(5)10-19/h8-10,15,18,21H,6-7,11-14H2,1-5H3. The number of nitrogens with one attached hydrogen (secondary N) is 1. The summed E-state index contributed by atoms with van der Waals surface area (Å²) in [6, 6.07) is 7.12. The van der Waals surface area contributed by atoms with Gasteiger partial charge in [0.1, 0.15) is 0 Å². The Morgan fingerprint density at radius 2 is 1.90 bits per heavy atom. The average Bonchev–Trinajstić information content (AvgIpc) is 2.38. The summed E-state index contributed by atoms with van der Waals surface area (Å²) in [4.78, 5) is 0. The van der Waals surface area contributed by atoms with Crippen molar-refractivity contribution >= 4 is 0 Å². The third-order valence-electron chi connectivity index (χ3n) is 5.19. The molecule has 1 aromatic rings. The smallest absolute Gasteiger partial charge is 0.00831 e. The molecule has 1 saturated carbocycles. The number of aryl methyl sites for hydroxylation is 2. The molecule has 0 heterocycles. The summed E-state index contributed by atoms with van der Waals surface area (Å²) in [5, 5.41) is 3.72. The first kappa shape index (κ1) is 16.5. The molecular formula is C20H33N. The van der Waals surface area contributed by atoms with Gasteiger partial charge >= 0.3 is 0 Å². The summed E-state index contributed by atoms with van der Waals surface area (Å²) in [6.45, 7) is 13.6. The van der Waals surface area contributed by atoms with Crippen molar-refractivity contribution in [2.24, 2.45) is 11.8 Å². The van der Waals surface area contributed by atoms with Crippen LogP contribution in [-0.4, -0.2) is 13.1 Å². The molecule has 0 amide bonds. The molecule has 1 aliphatic rings. The fraction of sp³-hybridized carbons (Fsp3) is 0.700. The zero-order chi connectivity index (χ0) is 15.5. The molecule has 1 heteroatoms. The summed E-state index contributed by atoms with van der Waals surface area (Å²) in [7, 11) is 0. The van der Waals surface area contributed by atoms with E-state index in [0.717, 1.165) is 24.9 Å². The summed E-state index contributed by atoms with van der Waals surface area (Å²) in [6.07, 6.45) is 5.47. The lowest BCUT2D eigenvalue weighted by atomic mass is 9.57. The molecule has 0 radical (unpaired) electrons. The van der Waals surface area contributed by atoms with Crippen LogP contribution in [-0.2, 0) is 5.41 Å². The molecular weight excluding hydrogens is 254 g/mol. The van der Waals surface area contributed by atoms with Gasteiger partial charge in [-0.25, -0.2) is 0 Å². The highest BCUT2D eigenvalue weighted by molar-refractivity contribution is 5.37. The lowest BCUT2D eigenvalue weighted by Crippen LogP contribution is -2.49. The van der Waals surface area contributed by atoms with E-state index in [9.17, 15) is 0 Å². The minimum Gasteiger partial charge on any atom is -0.316 e. The maximum absolute atomic E-state index is 3.72. The van der Waals surface area contributed by atoms with E-state index in [1.165, 1.54) is 36.8 Å². The first-order chi connectivity index (χ1) is 9.97. The van der Waals surface area contributed by atoms with Crippen LogP contribution in [0.3, 0.4) is 0 Å². The Balaban J connectivity index is 2.10. The van der Waals surface area contributed by atoms with E-state index in [1.54, 1.807) is 5.56 Å². The van der Waals surface area contributed by atoms with Gasteiger partial charge in [0.2, 0.25) is 0 Å². The number of hydrogen-bond acceptors (Lipinski definition) is 1. The van der Waals surface area contributed by atoms with Gasteiger partial charge in [-0.05, 0) is 61.8 Å². The molecule has 0 spiro atoms. The average molecular weight is 287 g/mol. The van der Waals surface area contributed by atoms with E-state index in [0.29, 0.717) is 5.41 Å². The van der Waals surface area contributed by atoms with Crippen LogP contribution in [0.1, 0.15) is 63.1 Å². The van der Waals surface area contributed by atoms with Gasteiger partial charge in [0, 0.05) is 12.0 Å². The Morgan fingerprint density at radius 1 is 1.19 bits per heavy atom. The molecule has 0 unspecified atom stereocenters. The summed E-state index contributed by atoms with van der Waals surface area (Å²) < 4.78 is 0. The van der Waals surface area contributed by atoms with Crippen molar-refractivity contribution < 1.29 is 0 Å². The molecule has 1 N–H and O–H groups in total. The molecule has 2 rings (SSSR count). The second-order valence-electron chi connectivity index (χ2n) is 7.67. The Morgan fingerprint density at radius 3 is 2.48 bits per heavy atom. The maximum atomic E-state index is 3.72. The Kier molecular flexibility index (Phi) is 5.48. The normalized spacial score (nSPS) is 25.1. The molecule has 0 aromatic heterocycles. The van der Waals surface area contributed by atoms with Crippen molar-refractivity contribution in [2.75, 3.05) is 13.1 Å². The third kappa shape index (κ3) is 3.88. The summed E-state index contributed by atoms with van der Waals surface area (Å²) >= 11 is 0. The second-order valence-corrected chi connectivity index (χ2v) is 7.67. The third-order valence-corrected chi connectivity index (χ3v) is 5.19. The highest BCUT2D eigenvalue weighted by Gasteiger charge is 2.44. The van der Waals surface area contributed by atoms with Crippen LogP contribution >= 0.6 is 0 Å². The topological polar surface area (TPSA) is 12.0 Å². The van der Waals surface area contributed by atoms with Gasteiger partial charge < -0.3 is 5.32 Å². The number of rotatable bonds is 7. The number of hydrogen-bond donors (Lipinski definition) is 1. The monoisotopic (exact) mass is 287 g/mol. The van der Waals surface area contributed by atoms with Gasteiger partial charge in [0.05, 0.1) is 0 Å². The van der Waals surface area contributed by atoms with E-state index in [2.05, 4.69) is 58.1 Å². The Labute approximate surface area is 131 Å². The van der Waals surface area contributed by atoms with Crippen molar-refractivity contribution in [1.82, 2.24) is 5.32 Å². The minimum atomic E-state index is 0.396. The highest BCUT2D eigenvalue weighted by atomic mass is 14.9. The molecule has 1 nitrogen and oxygen atoms in total. The van der Waals surface area contributed by atoms with Crippen molar-refractivity contribution in [2.45, 2.75) is 65.7 Å². The van der Waals surface area contributed by atoms with Gasteiger partial charge in [-0.1, -0.05) is 51.8 Å². The van der Waals surface area contributed by atoms with Crippen molar-refractivity contribution in [3.8, 4) is 0 Å². The van der Waals surface area contributed by atoms with E-state index in [1.807, 2.05) is 0 Å². The van der Waals surface area contributed by atoms with Crippen molar-refractivity contribution in [1.29, 1.82) is 0 Å². The molecule has 0 aliphatic heterocycles. The molecule has 1 aliphatic carbocycles. The Bertz CT molecular complexity index is 455. The van der Waals surface area contributed by atoms with Crippen LogP contribution in [0.25, 0.3) is 0 Å². The highest BCUT2D eigenvalue weighted by Crippen LogP contribution is 2.49. The number of benzene rings is 1. The van der Waals surface area contributed by atoms with E-state index < -0.39 is 0 Å². The van der Waals surface area contributed by atoms with Crippen LogP contribution in [0.2, 0.25) is 0 Å².